The number of nitrogens with zero attached hydrogens (tertiary/aromatic N) is 3. The number of rotatable bonds is 5. The maximum atomic E-state index is 13.8. The zero-order valence-corrected chi connectivity index (χ0v) is 17.4. The molecule has 1 saturated heterocycles. The lowest BCUT2D eigenvalue weighted by Gasteiger charge is -2.32. The van der Waals surface area contributed by atoms with Gasteiger partial charge in [-0.3, -0.25) is 9.59 Å². The first-order chi connectivity index (χ1) is 14.4. The van der Waals surface area contributed by atoms with E-state index in [0.29, 0.717) is 6.54 Å². The van der Waals surface area contributed by atoms with Gasteiger partial charge in [-0.25, -0.2) is 14.4 Å². The number of likely N-dealkylation sites (tertiary alicyclic amines) is 1. The number of para-hydroxylation sites is 1. The normalized spacial score (nSPS) is 18.9. The summed E-state index contributed by atoms with van der Waals surface area (Å²) in [6.07, 6.45) is 4.03. The average Bonchev–Trinajstić information content (AvgIpc) is 3.57. The van der Waals surface area contributed by atoms with Crippen molar-refractivity contribution in [3.05, 3.63) is 52.9 Å². The van der Waals surface area contributed by atoms with Crippen LogP contribution >= 0.6 is 0 Å². The van der Waals surface area contributed by atoms with E-state index in [-0.39, 0.29) is 35.8 Å². The molecule has 2 heterocycles. The zero-order chi connectivity index (χ0) is 21.3. The summed E-state index contributed by atoms with van der Waals surface area (Å²) in [7, 11) is 0. The Morgan fingerprint density at radius 1 is 1.13 bits per heavy atom. The van der Waals surface area contributed by atoms with Crippen LogP contribution in [-0.2, 0) is 16.0 Å². The number of nitrogens with one attached hydrogen (secondary N) is 1. The summed E-state index contributed by atoms with van der Waals surface area (Å²) in [5.41, 5.74) is 2.44. The van der Waals surface area contributed by atoms with Crippen LogP contribution in [0.2, 0.25) is 0 Å². The second-order valence-electron chi connectivity index (χ2n) is 8.33. The molecule has 1 aliphatic heterocycles. The number of carbonyl (C=O) groups is 2. The summed E-state index contributed by atoms with van der Waals surface area (Å²) < 4.78 is 13.8. The molecule has 0 spiro atoms. The molecule has 1 N–H and O–H groups in total. The van der Waals surface area contributed by atoms with E-state index in [4.69, 9.17) is 0 Å². The van der Waals surface area contributed by atoms with Crippen molar-refractivity contribution in [3.8, 4) is 0 Å². The predicted octanol–water partition coefficient (Wildman–Crippen LogP) is 3.53. The van der Waals surface area contributed by atoms with Crippen LogP contribution in [0.5, 0.6) is 0 Å². The van der Waals surface area contributed by atoms with Gasteiger partial charge in [-0.15, -0.1) is 0 Å². The lowest BCUT2D eigenvalue weighted by atomic mass is 9.96. The van der Waals surface area contributed by atoms with Crippen LogP contribution in [0.15, 0.2) is 24.3 Å². The van der Waals surface area contributed by atoms with Gasteiger partial charge < -0.3 is 10.2 Å². The van der Waals surface area contributed by atoms with Crippen LogP contribution in [0.25, 0.3) is 0 Å². The van der Waals surface area contributed by atoms with Crippen molar-refractivity contribution < 1.29 is 14.0 Å². The van der Waals surface area contributed by atoms with Crippen molar-refractivity contribution in [2.45, 2.75) is 51.9 Å². The molecule has 1 saturated carbocycles. The molecule has 0 radical (unpaired) electrons. The molecule has 0 bridgehead atoms. The highest BCUT2D eigenvalue weighted by molar-refractivity contribution is 5.92. The van der Waals surface area contributed by atoms with Crippen LogP contribution in [0, 0.1) is 25.6 Å². The van der Waals surface area contributed by atoms with Gasteiger partial charge in [0.15, 0.2) is 0 Å². The fourth-order valence-corrected chi connectivity index (χ4v) is 4.10. The van der Waals surface area contributed by atoms with Gasteiger partial charge in [-0.1, -0.05) is 12.1 Å². The van der Waals surface area contributed by atoms with E-state index in [2.05, 4.69) is 15.3 Å². The third-order valence-electron chi connectivity index (χ3n) is 5.95. The molecule has 2 aliphatic rings. The number of hydrogen-bond donors (Lipinski definition) is 1. The molecule has 1 aliphatic carbocycles. The van der Waals surface area contributed by atoms with Crippen molar-refractivity contribution in [1.29, 1.82) is 0 Å². The molecule has 4 rings (SSSR count). The topological polar surface area (TPSA) is 75.2 Å². The monoisotopic (exact) mass is 410 g/mol. The number of aryl methyl sites for hydroxylation is 2. The van der Waals surface area contributed by atoms with Crippen molar-refractivity contribution >= 4 is 17.5 Å². The molecule has 158 valence electrons. The van der Waals surface area contributed by atoms with Gasteiger partial charge in [0, 0.05) is 41.9 Å². The smallest absolute Gasteiger partial charge is 0.229 e. The van der Waals surface area contributed by atoms with E-state index in [1.165, 1.54) is 12.1 Å². The fraction of sp³-hybridized carbons (Fsp3) is 0.478. The van der Waals surface area contributed by atoms with Crippen molar-refractivity contribution in [3.63, 3.8) is 0 Å². The molecule has 2 aromatic rings. The molecule has 1 aromatic carbocycles. The van der Waals surface area contributed by atoms with Crippen LogP contribution in [0.1, 0.15) is 54.4 Å². The predicted molar refractivity (Wildman–Crippen MR) is 112 cm³/mol. The number of halogens is 1. The Morgan fingerprint density at radius 3 is 2.50 bits per heavy atom. The number of carbonyl (C=O) groups excluding carboxylic acids is 2. The van der Waals surface area contributed by atoms with E-state index in [9.17, 15) is 14.0 Å². The quantitative estimate of drug-likeness (QED) is 0.818. The number of hydrogen-bond acceptors (Lipinski definition) is 4. The number of aromatic nitrogens is 2. The zero-order valence-electron chi connectivity index (χ0n) is 17.4. The van der Waals surface area contributed by atoms with Gasteiger partial charge in [0.1, 0.15) is 11.6 Å². The van der Waals surface area contributed by atoms with Crippen LogP contribution in [0.4, 0.5) is 10.1 Å². The SMILES string of the molecule is Cc1nc([C@@H]2CCCN(C(=O)C3CC3)C2)nc(C)c1CC(=O)Nc1ccccc1F. The van der Waals surface area contributed by atoms with Crippen molar-refractivity contribution in [1.82, 2.24) is 14.9 Å². The highest BCUT2D eigenvalue weighted by Crippen LogP contribution is 2.34. The number of amides is 2. The van der Waals surface area contributed by atoms with Gasteiger partial charge in [0.2, 0.25) is 11.8 Å². The maximum absolute atomic E-state index is 13.8. The fourth-order valence-electron chi connectivity index (χ4n) is 4.10. The van der Waals surface area contributed by atoms with E-state index >= 15 is 0 Å². The maximum Gasteiger partial charge on any atom is 0.229 e. The van der Waals surface area contributed by atoms with Gasteiger partial charge >= 0.3 is 0 Å². The summed E-state index contributed by atoms with van der Waals surface area (Å²) in [4.78, 5) is 36.2. The van der Waals surface area contributed by atoms with E-state index in [0.717, 1.165) is 55.0 Å². The van der Waals surface area contributed by atoms with Gasteiger partial charge in [0.25, 0.3) is 0 Å². The molecule has 1 atom stereocenters. The van der Waals surface area contributed by atoms with Crippen LogP contribution in [-0.4, -0.2) is 39.8 Å². The number of benzene rings is 1. The lowest BCUT2D eigenvalue weighted by Crippen LogP contribution is -2.40. The van der Waals surface area contributed by atoms with Crippen LogP contribution in [0.3, 0.4) is 0 Å². The minimum atomic E-state index is -0.464. The van der Waals surface area contributed by atoms with Crippen molar-refractivity contribution in [2.24, 2.45) is 5.92 Å². The Labute approximate surface area is 175 Å². The van der Waals surface area contributed by atoms with Crippen LogP contribution < -0.4 is 5.32 Å². The number of piperidine rings is 1. The highest BCUT2D eigenvalue weighted by atomic mass is 19.1. The lowest BCUT2D eigenvalue weighted by molar-refractivity contribution is -0.133. The van der Waals surface area contributed by atoms with Gasteiger partial charge in [0.05, 0.1) is 12.1 Å². The molecular formula is C23H27FN4O2. The minimum absolute atomic E-state index is 0.0865. The summed E-state index contributed by atoms with van der Waals surface area (Å²) >= 11 is 0. The first-order valence-corrected chi connectivity index (χ1v) is 10.6. The van der Waals surface area contributed by atoms with Crippen molar-refractivity contribution in [2.75, 3.05) is 18.4 Å². The molecule has 1 aromatic heterocycles. The second kappa shape index (κ2) is 8.50. The van der Waals surface area contributed by atoms with E-state index < -0.39 is 5.82 Å². The van der Waals surface area contributed by atoms with E-state index in [1.54, 1.807) is 12.1 Å². The first-order valence-electron chi connectivity index (χ1n) is 10.6. The Bertz CT molecular complexity index is 950. The van der Waals surface area contributed by atoms with E-state index in [1.807, 2.05) is 18.7 Å². The Balaban J connectivity index is 1.45. The van der Waals surface area contributed by atoms with Gasteiger partial charge in [-0.05, 0) is 51.7 Å². The molecule has 6 nitrogen and oxygen atoms in total. The molecule has 30 heavy (non-hydrogen) atoms. The first kappa shape index (κ1) is 20.4. The number of anilines is 1. The Hall–Kier alpha value is -2.83. The standard InChI is InChI=1S/C23H27FN4O2/c1-14-18(12-21(29)27-20-8-4-3-7-19(20)24)15(2)26-22(25-14)17-6-5-11-28(13-17)23(30)16-9-10-16/h3-4,7-8,16-17H,5-6,9-13H2,1-2H3,(H,27,29)/t17-/m1/s1. The van der Waals surface area contributed by atoms with Gasteiger partial charge in [-0.2, -0.15) is 0 Å². The summed E-state index contributed by atoms with van der Waals surface area (Å²) in [6, 6.07) is 6.10. The second-order valence-corrected chi connectivity index (χ2v) is 8.33. The molecule has 7 heteroatoms. The molecule has 2 fully saturated rings. The third kappa shape index (κ3) is 4.50. The largest absolute Gasteiger partial charge is 0.342 e. The average molecular weight is 410 g/mol. The third-order valence-corrected chi connectivity index (χ3v) is 5.95. The summed E-state index contributed by atoms with van der Waals surface area (Å²) in [6.45, 7) is 5.24. The highest BCUT2D eigenvalue weighted by Gasteiger charge is 2.36. The molecule has 2 amide bonds. The molecule has 0 unspecified atom stereocenters. The Morgan fingerprint density at radius 2 is 1.83 bits per heavy atom. The summed E-state index contributed by atoms with van der Waals surface area (Å²) in [5.74, 6) is 0.602. The molecular weight excluding hydrogens is 383 g/mol. The minimum Gasteiger partial charge on any atom is -0.342 e. The summed E-state index contributed by atoms with van der Waals surface area (Å²) in [5, 5.41) is 2.61. The Kier molecular flexibility index (Phi) is 5.79.